The Morgan fingerprint density at radius 2 is 1.80 bits per heavy atom. The Bertz CT molecular complexity index is 480. The SMILES string of the molecule is CCCOC(=O)C(N)Cc1ccccc1.O=S(=O)(O)O. The second kappa shape index (κ2) is 9.43. The van der Waals surface area contributed by atoms with Crippen LogP contribution in [0.4, 0.5) is 0 Å². The molecule has 7 nitrogen and oxygen atoms in total. The third-order valence-corrected chi connectivity index (χ3v) is 2.05. The standard InChI is InChI=1S/C12H17NO2.H2O4S/c1-2-8-15-12(14)11(13)9-10-6-4-3-5-7-10;1-5(2,3)4/h3-7,11H,2,8-9,13H2,1H3;(H2,1,2,3,4). The summed E-state index contributed by atoms with van der Waals surface area (Å²) < 4.78 is 36.5. The summed E-state index contributed by atoms with van der Waals surface area (Å²) in [5.74, 6) is -0.319. The zero-order valence-electron chi connectivity index (χ0n) is 11.1. The van der Waals surface area contributed by atoms with E-state index in [1.807, 2.05) is 37.3 Å². The number of ether oxygens (including phenoxy) is 1. The van der Waals surface area contributed by atoms with E-state index in [1.54, 1.807) is 0 Å². The van der Waals surface area contributed by atoms with Crippen molar-refractivity contribution in [3.05, 3.63) is 35.9 Å². The maximum Gasteiger partial charge on any atom is 0.394 e. The lowest BCUT2D eigenvalue weighted by Crippen LogP contribution is -2.34. The summed E-state index contributed by atoms with van der Waals surface area (Å²) in [5.41, 5.74) is 6.77. The Hall–Kier alpha value is -1.48. The van der Waals surface area contributed by atoms with Gasteiger partial charge in [-0.1, -0.05) is 37.3 Å². The van der Waals surface area contributed by atoms with Crippen LogP contribution < -0.4 is 5.73 Å². The van der Waals surface area contributed by atoms with Crippen molar-refractivity contribution in [1.82, 2.24) is 0 Å². The van der Waals surface area contributed by atoms with E-state index in [-0.39, 0.29) is 5.97 Å². The molecule has 114 valence electrons. The molecule has 0 aromatic heterocycles. The van der Waals surface area contributed by atoms with Gasteiger partial charge in [0.15, 0.2) is 0 Å². The van der Waals surface area contributed by atoms with Gasteiger partial charge in [0.05, 0.1) is 6.61 Å². The van der Waals surface area contributed by atoms with Crippen molar-refractivity contribution in [2.75, 3.05) is 6.61 Å². The van der Waals surface area contributed by atoms with Crippen LogP contribution in [0.1, 0.15) is 18.9 Å². The van der Waals surface area contributed by atoms with Crippen LogP contribution in [0.25, 0.3) is 0 Å². The minimum absolute atomic E-state index is 0.319. The zero-order chi connectivity index (χ0) is 15.6. The molecule has 0 bridgehead atoms. The van der Waals surface area contributed by atoms with Gasteiger partial charge in [0.1, 0.15) is 6.04 Å². The summed E-state index contributed by atoms with van der Waals surface area (Å²) in [4.78, 5) is 11.4. The lowest BCUT2D eigenvalue weighted by molar-refractivity contribution is -0.145. The van der Waals surface area contributed by atoms with Gasteiger partial charge in [0.25, 0.3) is 0 Å². The molecule has 0 radical (unpaired) electrons. The summed E-state index contributed by atoms with van der Waals surface area (Å²) in [5, 5.41) is 0. The first kappa shape index (κ1) is 18.5. The Balaban J connectivity index is 0.000000621. The largest absolute Gasteiger partial charge is 0.465 e. The van der Waals surface area contributed by atoms with Gasteiger partial charge >= 0.3 is 16.4 Å². The molecule has 1 unspecified atom stereocenters. The first-order chi connectivity index (χ1) is 9.24. The van der Waals surface area contributed by atoms with Gasteiger partial charge in [-0.15, -0.1) is 0 Å². The third kappa shape index (κ3) is 11.6. The average molecular weight is 305 g/mol. The van der Waals surface area contributed by atoms with Crippen LogP contribution in [-0.2, 0) is 26.4 Å². The van der Waals surface area contributed by atoms with Gasteiger partial charge in [-0.05, 0) is 18.4 Å². The molecule has 0 aliphatic rings. The van der Waals surface area contributed by atoms with Crippen molar-refractivity contribution in [3.63, 3.8) is 0 Å². The molecule has 0 spiro atoms. The third-order valence-electron chi connectivity index (χ3n) is 2.05. The van der Waals surface area contributed by atoms with Crippen molar-refractivity contribution >= 4 is 16.4 Å². The molecule has 0 heterocycles. The summed E-state index contributed by atoms with van der Waals surface area (Å²) in [6.45, 7) is 2.40. The van der Waals surface area contributed by atoms with Gasteiger partial charge < -0.3 is 10.5 Å². The second-order valence-electron chi connectivity index (χ2n) is 3.91. The van der Waals surface area contributed by atoms with Crippen LogP contribution in [0.15, 0.2) is 30.3 Å². The summed E-state index contributed by atoms with van der Waals surface area (Å²) in [6, 6.07) is 9.14. The molecular weight excluding hydrogens is 286 g/mol. The first-order valence-electron chi connectivity index (χ1n) is 5.90. The zero-order valence-corrected chi connectivity index (χ0v) is 11.9. The van der Waals surface area contributed by atoms with Crippen LogP contribution in [-0.4, -0.2) is 36.1 Å². The fourth-order valence-corrected chi connectivity index (χ4v) is 1.26. The molecular formula is C12H19NO6S. The lowest BCUT2D eigenvalue weighted by Gasteiger charge is -2.10. The number of esters is 1. The quantitative estimate of drug-likeness (QED) is 0.543. The molecule has 20 heavy (non-hydrogen) atoms. The minimum Gasteiger partial charge on any atom is -0.465 e. The van der Waals surface area contributed by atoms with Crippen LogP contribution in [0, 0.1) is 0 Å². The van der Waals surface area contributed by atoms with E-state index in [9.17, 15) is 4.79 Å². The molecule has 4 N–H and O–H groups in total. The van der Waals surface area contributed by atoms with Gasteiger partial charge in [-0.3, -0.25) is 13.9 Å². The number of hydrogen-bond acceptors (Lipinski definition) is 5. The maximum absolute atomic E-state index is 11.4. The van der Waals surface area contributed by atoms with E-state index in [2.05, 4.69) is 0 Å². The monoisotopic (exact) mass is 305 g/mol. The Kier molecular flexibility index (Phi) is 8.73. The minimum atomic E-state index is -4.67. The van der Waals surface area contributed by atoms with E-state index in [4.69, 9.17) is 28.0 Å². The number of rotatable bonds is 5. The number of hydrogen-bond donors (Lipinski definition) is 3. The highest BCUT2D eigenvalue weighted by Gasteiger charge is 2.14. The van der Waals surface area contributed by atoms with Gasteiger partial charge in [0.2, 0.25) is 0 Å². The van der Waals surface area contributed by atoms with E-state index in [1.165, 1.54) is 0 Å². The van der Waals surface area contributed by atoms with Crippen LogP contribution in [0.5, 0.6) is 0 Å². The Morgan fingerprint density at radius 3 is 2.25 bits per heavy atom. The van der Waals surface area contributed by atoms with Gasteiger partial charge in [-0.25, -0.2) is 0 Å². The molecule has 1 rings (SSSR count). The topological polar surface area (TPSA) is 127 Å². The van der Waals surface area contributed by atoms with Gasteiger partial charge in [-0.2, -0.15) is 8.42 Å². The normalized spacial score (nSPS) is 12.0. The number of carbonyl (C=O) groups is 1. The fraction of sp³-hybridized carbons (Fsp3) is 0.417. The molecule has 8 heteroatoms. The van der Waals surface area contributed by atoms with Crippen molar-refractivity contribution in [2.24, 2.45) is 5.73 Å². The highest BCUT2D eigenvalue weighted by atomic mass is 32.3. The smallest absolute Gasteiger partial charge is 0.394 e. The number of nitrogens with two attached hydrogens (primary N) is 1. The molecule has 0 amide bonds. The average Bonchev–Trinajstić information content (AvgIpc) is 2.35. The highest BCUT2D eigenvalue weighted by Crippen LogP contribution is 2.02. The van der Waals surface area contributed by atoms with Crippen LogP contribution in [0.2, 0.25) is 0 Å². The molecule has 0 aliphatic carbocycles. The summed E-state index contributed by atoms with van der Waals surface area (Å²) in [6.07, 6.45) is 1.35. The summed E-state index contributed by atoms with van der Waals surface area (Å²) >= 11 is 0. The van der Waals surface area contributed by atoms with Crippen molar-refractivity contribution in [1.29, 1.82) is 0 Å². The van der Waals surface area contributed by atoms with Crippen molar-refractivity contribution in [2.45, 2.75) is 25.8 Å². The molecule has 1 aromatic rings. The fourth-order valence-electron chi connectivity index (χ4n) is 1.26. The molecule has 0 saturated heterocycles. The first-order valence-corrected chi connectivity index (χ1v) is 7.29. The summed E-state index contributed by atoms with van der Waals surface area (Å²) in [7, 11) is -4.67. The lowest BCUT2D eigenvalue weighted by atomic mass is 10.1. The molecule has 0 saturated carbocycles. The maximum atomic E-state index is 11.4. The van der Waals surface area contributed by atoms with Crippen LogP contribution >= 0.6 is 0 Å². The van der Waals surface area contributed by atoms with Crippen molar-refractivity contribution < 1.29 is 27.1 Å². The Morgan fingerprint density at radius 1 is 1.30 bits per heavy atom. The van der Waals surface area contributed by atoms with E-state index >= 15 is 0 Å². The highest BCUT2D eigenvalue weighted by molar-refractivity contribution is 7.79. The molecule has 1 aromatic carbocycles. The van der Waals surface area contributed by atoms with E-state index in [0.717, 1.165) is 12.0 Å². The molecule has 0 fully saturated rings. The Labute approximate surface area is 118 Å². The predicted molar refractivity (Wildman–Crippen MR) is 73.5 cm³/mol. The van der Waals surface area contributed by atoms with E-state index < -0.39 is 16.4 Å². The molecule has 0 aliphatic heterocycles. The van der Waals surface area contributed by atoms with E-state index in [0.29, 0.717) is 13.0 Å². The van der Waals surface area contributed by atoms with Crippen LogP contribution in [0.3, 0.4) is 0 Å². The van der Waals surface area contributed by atoms with Gasteiger partial charge in [0, 0.05) is 0 Å². The molecule has 1 atom stereocenters. The number of carbonyl (C=O) groups excluding carboxylic acids is 1. The second-order valence-corrected chi connectivity index (χ2v) is 4.81. The number of benzene rings is 1. The van der Waals surface area contributed by atoms with Crippen molar-refractivity contribution in [3.8, 4) is 0 Å². The predicted octanol–water partition coefficient (Wildman–Crippen LogP) is 0.857.